The molecule has 0 saturated heterocycles. The Balaban J connectivity index is 2.14. The van der Waals surface area contributed by atoms with E-state index in [4.69, 9.17) is 0 Å². The number of nitrogens with one attached hydrogen (secondary N) is 2. The molecule has 2 rings (SSSR count). The third-order valence-electron chi connectivity index (χ3n) is 3.43. The summed E-state index contributed by atoms with van der Waals surface area (Å²) in [5, 5.41) is 16.3. The van der Waals surface area contributed by atoms with E-state index in [-0.39, 0.29) is 5.91 Å². The number of amides is 1. The molecule has 0 aliphatic rings. The van der Waals surface area contributed by atoms with Crippen LogP contribution in [0.4, 0.5) is 5.69 Å². The van der Waals surface area contributed by atoms with Gasteiger partial charge in [0.25, 0.3) is 5.91 Å². The summed E-state index contributed by atoms with van der Waals surface area (Å²) in [6, 6.07) is 19.0. The van der Waals surface area contributed by atoms with Crippen LogP contribution in [0.2, 0.25) is 0 Å². The first-order chi connectivity index (χ1) is 10.7. The number of hydrogen-bond acceptors (Lipinski definition) is 3. The van der Waals surface area contributed by atoms with E-state index in [1.54, 1.807) is 0 Å². The predicted octanol–water partition coefficient (Wildman–Crippen LogP) is 2.21. The number of hydrogen-bond donors (Lipinski definition) is 3. The number of rotatable bonds is 7. The molecule has 116 valence electrons. The van der Waals surface area contributed by atoms with Crippen molar-refractivity contribution < 1.29 is 9.90 Å². The van der Waals surface area contributed by atoms with Crippen molar-refractivity contribution >= 4 is 11.6 Å². The van der Waals surface area contributed by atoms with Gasteiger partial charge in [-0.3, -0.25) is 4.79 Å². The van der Waals surface area contributed by atoms with E-state index in [0.29, 0.717) is 13.0 Å². The molecule has 0 radical (unpaired) electrons. The fraction of sp³-hybridized carbons (Fsp3) is 0.278. The lowest BCUT2D eigenvalue weighted by molar-refractivity contribution is -0.129. The lowest BCUT2D eigenvalue weighted by Gasteiger charge is -2.24. The third kappa shape index (κ3) is 4.60. The van der Waals surface area contributed by atoms with Gasteiger partial charge in [0.15, 0.2) is 6.10 Å². The van der Waals surface area contributed by atoms with Crippen LogP contribution < -0.4 is 10.6 Å². The van der Waals surface area contributed by atoms with Gasteiger partial charge < -0.3 is 15.7 Å². The van der Waals surface area contributed by atoms with Gasteiger partial charge in [-0.1, -0.05) is 48.5 Å². The lowest BCUT2D eigenvalue weighted by Crippen LogP contribution is -2.46. The van der Waals surface area contributed by atoms with Gasteiger partial charge >= 0.3 is 0 Å². The smallest absolute Gasteiger partial charge is 0.250 e. The van der Waals surface area contributed by atoms with Crippen LogP contribution in [0.3, 0.4) is 0 Å². The molecule has 0 saturated carbocycles. The summed E-state index contributed by atoms with van der Waals surface area (Å²) in [4.78, 5) is 12.0. The zero-order valence-corrected chi connectivity index (χ0v) is 12.7. The Hall–Kier alpha value is -2.33. The summed E-state index contributed by atoms with van der Waals surface area (Å²) < 4.78 is 0. The van der Waals surface area contributed by atoms with Crippen LogP contribution in [0.5, 0.6) is 0 Å². The van der Waals surface area contributed by atoms with Crippen molar-refractivity contribution in [3.8, 4) is 0 Å². The van der Waals surface area contributed by atoms with Crippen molar-refractivity contribution in [2.24, 2.45) is 0 Å². The van der Waals surface area contributed by atoms with Crippen LogP contribution >= 0.6 is 0 Å². The molecule has 2 unspecified atom stereocenters. The normalized spacial score (nSPS) is 13.2. The number of para-hydroxylation sites is 1. The lowest BCUT2D eigenvalue weighted by atomic mass is 10.00. The maximum atomic E-state index is 12.0. The number of aliphatic hydroxyl groups excluding tert-OH is 1. The van der Waals surface area contributed by atoms with Crippen LogP contribution in [0.25, 0.3) is 0 Å². The van der Waals surface area contributed by atoms with Gasteiger partial charge in [-0.05, 0) is 31.0 Å². The molecule has 4 nitrogen and oxygen atoms in total. The summed E-state index contributed by atoms with van der Waals surface area (Å²) in [5.41, 5.74) is 1.95. The minimum Gasteiger partial charge on any atom is -0.381 e. The number of benzene rings is 2. The fourth-order valence-corrected chi connectivity index (χ4v) is 2.32. The van der Waals surface area contributed by atoms with Crippen LogP contribution in [0, 0.1) is 0 Å². The first kappa shape index (κ1) is 16.0. The number of aliphatic hydroxyl groups is 1. The Labute approximate surface area is 131 Å². The maximum Gasteiger partial charge on any atom is 0.250 e. The van der Waals surface area contributed by atoms with Gasteiger partial charge in [-0.2, -0.15) is 0 Å². The molecular formula is C18H22N2O2. The van der Waals surface area contributed by atoms with Crippen molar-refractivity contribution in [3.63, 3.8) is 0 Å². The van der Waals surface area contributed by atoms with Crippen molar-refractivity contribution in [3.05, 3.63) is 66.2 Å². The highest BCUT2D eigenvalue weighted by atomic mass is 16.3. The second-order valence-corrected chi connectivity index (χ2v) is 5.15. The average Bonchev–Trinajstić information content (AvgIpc) is 2.56. The molecule has 2 atom stereocenters. The van der Waals surface area contributed by atoms with E-state index >= 15 is 0 Å². The molecule has 3 N–H and O–H groups in total. The molecule has 0 spiro atoms. The van der Waals surface area contributed by atoms with Crippen molar-refractivity contribution in [2.75, 3.05) is 11.9 Å². The predicted molar refractivity (Wildman–Crippen MR) is 88.7 cm³/mol. The van der Waals surface area contributed by atoms with E-state index in [2.05, 4.69) is 10.6 Å². The largest absolute Gasteiger partial charge is 0.381 e. The molecule has 2 aromatic rings. The molecule has 0 fully saturated rings. The van der Waals surface area contributed by atoms with Gasteiger partial charge in [0, 0.05) is 12.2 Å². The van der Waals surface area contributed by atoms with Gasteiger partial charge in [0.1, 0.15) is 0 Å². The van der Waals surface area contributed by atoms with Crippen molar-refractivity contribution in [1.82, 2.24) is 5.32 Å². The molecule has 1 amide bonds. The second kappa shape index (κ2) is 8.20. The third-order valence-corrected chi connectivity index (χ3v) is 3.43. The Morgan fingerprint density at radius 3 is 2.23 bits per heavy atom. The Morgan fingerprint density at radius 2 is 1.64 bits per heavy atom. The Kier molecular flexibility index (Phi) is 5.98. The molecule has 0 aliphatic heterocycles. The maximum absolute atomic E-state index is 12.0. The monoisotopic (exact) mass is 298 g/mol. The summed E-state index contributed by atoms with van der Waals surface area (Å²) in [6.07, 6.45) is -0.547. The first-order valence-corrected chi connectivity index (χ1v) is 7.52. The number of carbonyl (C=O) groups excluding carboxylic acids is 1. The van der Waals surface area contributed by atoms with Gasteiger partial charge in [-0.15, -0.1) is 0 Å². The van der Waals surface area contributed by atoms with Gasteiger partial charge in [0.2, 0.25) is 0 Å². The molecule has 0 aliphatic carbocycles. The molecule has 2 aromatic carbocycles. The number of carbonyl (C=O) groups is 1. The van der Waals surface area contributed by atoms with Crippen LogP contribution in [0.1, 0.15) is 12.5 Å². The van der Waals surface area contributed by atoms with Crippen molar-refractivity contribution in [2.45, 2.75) is 25.5 Å². The van der Waals surface area contributed by atoms with E-state index in [1.165, 1.54) is 0 Å². The van der Waals surface area contributed by atoms with Gasteiger partial charge in [0.05, 0.1) is 6.04 Å². The first-order valence-electron chi connectivity index (χ1n) is 7.52. The van der Waals surface area contributed by atoms with Gasteiger partial charge in [-0.25, -0.2) is 0 Å². The van der Waals surface area contributed by atoms with Crippen LogP contribution in [-0.4, -0.2) is 29.7 Å². The Bertz CT molecular complexity index is 531. The van der Waals surface area contributed by atoms with Crippen LogP contribution in [0.15, 0.2) is 60.7 Å². The highest BCUT2D eigenvalue weighted by molar-refractivity contribution is 5.81. The fourth-order valence-electron chi connectivity index (χ4n) is 2.32. The molecular weight excluding hydrogens is 276 g/mol. The summed E-state index contributed by atoms with van der Waals surface area (Å²) in [6.45, 7) is 2.33. The molecule has 22 heavy (non-hydrogen) atoms. The highest BCUT2D eigenvalue weighted by Crippen LogP contribution is 2.14. The summed E-state index contributed by atoms with van der Waals surface area (Å²) in [7, 11) is 0. The van der Waals surface area contributed by atoms with E-state index in [9.17, 15) is 9.90 Å². The van der Waals surface area contributed by atoms with Crippen molar-refractivity contribution in [1.29, 1.82) is 0 Å². The molecule has 0 heterocycles. The minimum absolute atomic E-state index is 0.355. The zero-order valence-electron chi connectivity index (χ0n) is 12.7. The molecule has 4 heteroatoms. The topological polar surface area (TPSA) is 61.4 Å². The zero-order chi connectivity index (χ0) is 15.8. The average molecular weight is 298 g/mol. The second-order valence-electron chi connectivity index (χ2n) is 5.15. The van der Waals surface area contributed by atoms with E-state index < -0.39 is 12.1 Å². The standard InChI is InChI=1S/C18H22N2O2/c1-2-19-18(22)17(21)16(13-14-9-5-3-6-10-14)20-15-11-7-4-8-12-15/h3-12,16-17,20-21H,2,13H2,1H3,(H,19,22). The van der Waals surface area contributed by atoms with Crippen LogP contribution in [-0.2, 0) is 11.2 Å². The minimum atomic E-state index is -1.11. The molecule has 0 bridgehead atoms. The summed E-state index contributed by atoms with van der Waals surface area (Å²) >= 11 is 0. The highest BCUT2D eigenvalue weighted by Gasteiger charge is 2.25. The summed E-state index contributed by atoms with van der Waals surface area (Å²) in [5.74, 6) is -0.355. The SMILES string of the molecule is CCNC(=O)C(O)C(Cc1ccccc1)Nc1ccccc1. The Morgan fingerprint density at radius 1 is 1.05 bits per heavy atom. The van der Waals surface area contributed by atoms with E-state index in [0.717, 1.165) is 11.3 Å². The molecule has 0 aromatic heterocycles. The number of anilines is 1. The number of likely N-dealkylation sites (N-methyl/N-ethyl adjacent to an activating group) is 1. The van der Waals surface area contributed by atoms with E-state index in [1.807, 2.05) is 67.6 Å². The quantitative estimate of drug-likeness (QED) is 0.734.